The van der Waals surface area contributed by atoms with Crippen molar-refractivity contribution in [1.82, 2.24) is 0 Å². The lowest BCUT2D eigenvalue weighted by molar-refractivity contribution is 0.144. The fourth-order valence-corrected chi connectivity index (χ4v) is 0.644. The van der Waals surface area contributed by atoms with E-state index in [-0.39, 0.29) is 1.43 Å². The highest BCUT2D eigenvalue weighted by atomic mass is 16.5. The van der Waals surface area contributed by atoms with Gasteiger partial charge in [0.2, 0.25) is 0 Å². The standard InChI is InChI=1S/C5H9O/c1-5-3-2-4-6-5/h5H,1-4H2/p+1. The first-order chi connectivity index (χ1) is 2.89. The largest absolute Gasteiger partial charge is 1.00 e. The second-order valence-corrected chi connectivity index (χ2v) is 1.64. The predicted octanol–water partition coefficient (Wildman–Crippen LogP) is 1.11. The lowest BCUT2D eigenvalue weighted by atomic mass is 10.3. The number of hydrogen-bond acceptors (Lipinski definition) is 1. The van der Waals surface area contributed by atoms with Gasteiger partial charge in [-0.25, -0.2) is 0 Å². The fourth-order valence-electron chi connectivity index (χ4n) is 0.644. The maximum atomic E-state index is 5.04. The first-order valence-electron chi connectivity index (χ1n) is 2.34. The van der Waals surface area contributed by atoms with Crippen molar-refractivity contribution in [1.29, 1.82) is 0 Å². The minimum atomic E-state index is 0. The Hall–Kier alpha value is -0.0400. The monoisotopic (exact) mass is 86.1 g/mol. The van der Waals surface area contributed by atoms with Crippen LogP contribution in [0.5, 0.6) is 0 Å². The van der Waals surface area contributed by atoms with E-state index in [1.165, 1.54) is 6.42 Å². The topological polar surface area (TPSA) is 9.23 Å². The highest BCUT2D eigenvalue weighted by Gasteiger charge is 2.07. The molecular weight excluding hydrogens is 76.1 g/mol. The molecule has 0 aromatic rings. The molecule has 0 bridgehead atoms. The normalized spacial score (nSPS) is 34.5. The summed E-state index contributed by atoms with van der Waals surface area (Å²) in [6.45, 7) is 4.64. The average molecular weight is 86.1 g/mol. The van der Waals surface area contributed by atoms with E-state index in [1.807, 2.05) is 0 Å². The van der Waals surface area contributed by atoms with Gasteiger partial charge in [0.05, 0.1) is 6.10 Å². The zero-order valence-corrected chi connectivity index (χ0v) is 3.81. The summed E-state index contributed by atoms with van der Waals surface area (Å²) in [6.07, 6.45) is 2.65. The van der Waals surface area contributed by atoms with Gasteiger partial charge < -0.3 is 4.74 Å². The van der Waals surface area contributed by atoms with Crippen LogP contribution in [0, 0.1) is 6.92 Å². The molecule has 1 aliphatic rings. The summed E-state index contributed by atoms with van der Waals surface area (Å²) >= 11 is 0. The van der Waals surface area contributed by atoms with Crippen molar-refractivity contribution in [2.24, 2.45) is 0 Å². The first-order valence-corrected chi connectivity index (χ1v) is 2.34. The van der Waals surface area contributed by atoms with E-state index in [4.69, 9.17) is 4.74 Å². The molecular formula is C5H10O+. The van der Waals surface area contributed by atoms with Gasteiger partial charge >= 0.3 is 1.43 Å². The van der Waals surface area contributed by atoms with Crippen LogP contribution in [0.2, 0.25) is 0 Å². The third-order valence-corrected chi connectivity index (χ3v) is 1.02. The van der Waals surface area contributed by atoms with Gasteiger partial charge in [-0.3, -0.25) is 0 Å². The van der Waals surface area contributed by atoms with Crippen LogP contribution >= 0.6 is 0 Å². The molecule has 0 N–H and O–H groups in total. The molecule has 1 fully saturated rings. The Bertz CT molecular complexity index is 41.3. The second kappa shape index (κ2) is 1.61. The minimum Gasteiger partial charge on any atom is -0.378 e. The van der Waals surface area contributed by atoms with Gasteiger partial charge in [0, 0.05) is 6.61 Å². The van der Waals surface area contributed by atoms with Crippen LogP contribution in [0.15, 0.2) is 0 Å². The van der Waals surface area contributed by atoms with Crippen LogP contribution in [-0.2, 0) is 4.74 Å². The Morgan fingerprint density at radius 3 is 2.83 bits per heavy atom. The van der Waals surface area contributed by atoms with E-state index >= 15 is 0 Å². The molecule has 0 aliphatic carbocycles. The summed E-state index contributed by atoms with van der Waals surface area (Å²) in [5, 5.41) is 0. The van der Waals surface area contributed by atoms with Crippen LogP contribution in [0.1, 0.15) is 14.3 Å². The Morgan fingerprint density at radius 1 is 1.83 bits per heavy atom. The SMILES string of the molecule is [CH2]C1CCCO1.[H+]. The fraction of sp³-hybridized carbons (Fsp3) is 0.800. The van der Waals surface area contributed by atoms with Gasteiger partial charge in [0.15, 0.2) is 0 Å². The molecule has 1 aliphatic heterocycles. The first kappa shape index (κ1) is 4.13. The quantitative estimate of drug-likeness (QED) is 0.429. The van der Waals surface area contributed by atoms with Crippen molar-refractivity contribution >= 4 is 0 Å². The molecule has 1 atom stereocenters. The summed E-state index contributed by atoms with van der Waals surface area (Å²) in [7, 11) is 0. The van der Waals surface area contributed by atoms with E-state index in [1.54, 1.807) is 0 Å². The summed E-state index contributed by atoms with van der Waals surface area (Å²) < 4.78 is 5.04. The lowest BCUT2D eigenvalue weighted by Gasteiger charge is -1.94. The van der Waals surface area contributed by atoms with Crippen molar-refractivity contribution in [2.75, 3.05) is 6.61 Å². The van der Waals surface area contributed by atoms with Gasteiger partial charge in [-0.15, -0.1) is 0 Å². The Morgan fingerprint density at radius 2 is 2.67 bits per heavy atom. The van der Waals surface area contributed by atoms with E-state index in [0.29, 0.717) is 6.10 Å². The molecule has 1 heteroatoms. The van der Waals surface area contributed by atoms with Crippen LogP contribution in [0.25, 0.3) is 0 Å². The van der Waals surface area contributed by atoms with Crippen LogP contribution in [0.3, 0.4) is 0 Å². The molecule has 6 heavy (non-hydrogen) atoms. The Kier molecular flexibility index (Phi) is 1.10. The van der Waals surface area contributed by atoms with Crippen LogP contribution in [0.4, 0.5) is 0 Å². The van der Waals surface area contributed by atoms with Crippen molar-refractivity contribution in [3.05, 3.63) is 6.92 Å². The minimum absolute atomic E-state index is 0. The number of ether oxygens (including phenoxy) is 1. The van der Waals surface area contributed by atoms with Crippen molar-refractivity contribution in [3.63, 3.8) is 0 Å². The Balaban J connectivity index is 0.000000360. The number of hydrogen-bond donors (Lipinski definition) is 0. The lowest BCUT2D eigenvalue weighted by Crippen LogP contribution is -1.94. The molecule has 1 nitrogen and oxygen atoms in total. The third kappa shape index (κ3) is 0.716. The summed E-state index contributed by atoms with van der Waals surface area (Å²) in [5.41, 5.74) is 0. The second-order valence-electron chi connectivity index (χ2n) is 1.64. The van der Waals surface area contributed by atoms with E-state index in [9.17, 15) is 0 Å². The molecule has 0 aromatic heterocycles. The van der Waals surface area contributed by atoms with E-state index in [2.05, 4.69) is 6.92 Å². The van der Waals surface area contributed by atoms with Crippen molar-refractivity contribution in [2.45, 2.75) is 18.9 Å². The summed E-state index contributed by atoms with van der Waals surface area (Å²) in [5.74, 6) is 0. The molecule has 1 heterocycles. The zero-order valence-electron chi connectivity index (χ0n) is 4.81. The maximum Gasteiger partial charge on any atom is 1.00 e. The van der Waals surface area contributed by atoms with Gasteiger partial charge in [-0.1, -0.05) is 0 Å². The van der Waals surface area contributed by atoms with E-state index < -0.39 is 0 Å². The van der Waals surface area contributed by atoms with Gasteiger partial charge in [0.1, 0.15) is 0 Å². The number of rotatable bonds is 0. The molecule has 0 amide bonds. The summed E-state index contributed by atoms with van der Waals surface area (Å²) in [4.78, 5) is 0. The molecule has 35 valence electrons. The molecule has 0 aromatic carbocycles. The van der Waals surface area contributed by atoms with Crippen molar-refractivity contribution < 1.29 is 6.16 Å². The predicted molar refractivity (Wildman–Crippen MR) is 25.4 cm³/mol. The highest BCUT2D eigenvalue weighted by Crippen LogP contribution is 2.08. The maximum absolute atomic E-state index is 5.04. The molecule has 0 spiro atoms. The zero-order chi connectivity index (χ0) is 4.41. The summed E-state index contributed by atoms with van der Waals surface area (Å²) in [6, 6.07) is 0. The smallest absolute Gasteiger partial charge is 0.378 e. The molecule has 1 rings (SSSR count). The van der Waals surface area contributed by atoms with Crippen LogP contribution < -0.4 is 0 Å². The van der Waals surface area contributed by atoms with E-state index in [0.717, 1.165) is 13.0 Å². The van der Waals surface area contributed by atoms with Crippen molar-refractivity contribution in [3.8, 4) is 0 Å². The van der Waals surface area contributed by atoms with Gasteiger partial charge in [-0.05, 0) is 19.8 Å². The van der Waals surface area contributed by atoms with Gasteiger partial charge in [0.25, 0.3) is 0 Å². The Labute approximate surface area is 39.8 Å². The molecule has 1 radical (unpaired) electrons. The molecule has 1 unspecified atom stereocenters. The van der Waals surface area contributed by atoms with Crippen LogP contribution in [-0.4, -0.2) is 12.7 Å². The molecule has 0 saturated carbocycles. The van der Waals surface area contributed by atoms with Gasteiger partial charge in [-0.2, -0.15) is 0 Å². The highest BCUT2D eigenvalue weighted by molar-refractivity contribution is 4.64. The average Bonchev–Trinajstić information content (AvgIpc) is 1.86. The molecule has 1 saturated heterocycles. The third-order valence-electron chi connectivity index (χ3n) is 1.02.